The Morgan fingerprint density at radius 1 is 0.137 bits per heavy atom. The van der Waals surface area contributed by atoms with E-state index in [2.05, 4.69) is 0 Å². The summed E-state index contributed by atoms with van der Waals surface area (Å²) in [4.78, 5) is 0. The maximum absolute atomic E-state index is 5.52. The van der Waals surface area contributed by atoms with Crippen LogP contribution in [-0.2, 0) is 98.8 Å². The van der Waals surface area contributed by atoms with Crippen LogP contribution in [0.15, 0.2) is 0 Å². The molecule has 0 saturated carbocycles. The van der Waals surface area contributed by atoms with Gasteiger partial charge >= 0.3 is 0 Å². The third-order valence-corrected chi connectivity index (χ3v) is 38.7. The second kappa shape index (κ2) is 55.0. The van der Waals surface area contributed by atoms with E-state index >= 15 is 0 Å². The second-order valence-electron chi connectivity index (χ2n) is 7.83. The molecule has 0 amide bonds. The van der Waals surface area contributed by atoms with E-state index in [1.54, 1.807) is 0 Å². The smallest absolute Gasteiger partial charge is 0.286 e. The van der Waals surface area contributed by atoms with Crippen LogP contribution >= 0.6 is 22.2 Å². The van der Waals surface area contributed by atoms with Crippen LogP contribution in [0.1, 0.15) is 0 Å². The first-order valence-electron chi connectivity index (χ1n) is 14.4. The van der Waals surface area contributed by atoms with Crippen LogP contribution in [0.25, 0.3) is 0 Å². The molecular formula is H50Cl2O24Si25. The Balaban J connectivity index is 3.04. The van der Waals surface area contributed by atoms with Gasteiger partial charge in [-0.1, -0.05) is 0 Å². The first-order valence-corrected chi connectivity index (χ1v) is 46.4. The Labute approximate surface area is 365 Å². The zero-order chi connectivity index (χ0) is 36.6. The first kappa shape index (κ1) is 56.0. The van der Waals surface area contributed by atoms with E-state index in [0.717, 1.165) is 0 Å². The highest BCUT2D eigenvalue weighted by molar-refractivity contribution is 6.91. The van der Waals surface area contributed by atoms with Crippen molar-refractivity contribution in [2.24, 2.45) is 0 Å². The highest BCUT2D eigenvalue weighted by Gasteiger charge is 2.00. The van der Waals surface area contributed by atoms with Gasteiger partial charge < -0.3 is 98.8 Å². The minimum atomic E-state index is -1.06. The molecule has 0 N–H and O–H groups in total. The summed E-state index contributed by atoms with van der Waals surface area (Å²) in [6, 6.07) is 0. The molecule has 24 nitrogen and oxygen atoms in total. The predicted octanol–water partition coefficient (Wildman–Crippen LogP) is -23.2. The van der Waals surface area contributed by atoms with Crippen molar-refractivity contribution in [1.82, 2.24) is 0 Å². The quantitative estimate of drug-likeness (QED) is 0.0314. The summed E-state index contributed by atoms with van der Waals surface area (Å²) in [6.07, 6.45) is 0. The lowest BCUT2D eigenvalue weighted by Crippen LogP contribution is -2.23. The molecule has 51 heteroatoms. The molecule has 0 aromatic rings. The molecule has 0 saturated heterocycles. The van der Waals surface area contributed by atoms with Gasteiger partial charge in [0, 0.05) is 0 Å². The van der Waals surface area contributed by atoms with E-state index < -0.39 is 248 Å². The molecule has 0 aliphatic carbocycles. The molecule has 0 aliphatic rings. The summed E-state index contributed by atoms with van der Waals surface area (Å²) < 4.78 is 130. The normalized spacial score (nSPS) is 17.5. The van der Waals surface area contributed by atoms with Crippen molar-refractivity contribution in [3.05, 3.63) is 0 Å². The van der Waals surface area contributed by atoms with Gasteiger partial charge in [-0.3, -0.25) is 0 Å². The predicted molar refractivity (Wildman–Crippen MR) is 251 cm³/mol. The van der Waals surface area contributed by atoms with Gasteiger partial charge in [0.05, 0.1) is 0 Å². The third kappa shape index (κ3) is 55.0. The molecule has 0 radical (unpaired) electrons. The molecule has 308 valence electrons. The Kier molecular flexibility index (Phi) is 60.5. The van der Waals surface area contributed by atoms with E-state index in [0.29, 0.717) is 0 Å². The van der Waals surface area contributed by atoms with Crippen LogP contribution in [0, 0.1) is 0 Å². The SMILES string of the molecule is Cl[SiH2]O[SiH2]O[SiH2]O[SiH2]O[SiH2]O[SiH2]O[SiH2]O[SiH2]O[SiH2]O[SiH2]O[SiH2]O[SiH2]O[SiH2]O[SiH2]O[SiH2]O[SiH2]O[SiH2]O[SiH2]O[SiH2]O[SiH2]O[SiH2]O[SiH2]O[SiH2]O[SiH2]O[SiH2]Cl. The van der Waals surface area contributed by atoms with Gasteiger partial charge in [-0.15, -0.1) is 22.2 Å². The van der Waals surface area contributed by atoms with E-state index in [-0.39, 0.29) is 0 Å². The molecule has 0 aromatic carbocycles. The summed E-state index contributed by atoms with van der Waals surface area (Å²) >= 11 is 11.0. The van der Waals surface area contributed by atoms with Gasteiger partial charge in [-0.25, -0.2) is 0 Å². The van der Waals surface area contributed by atoms with E-state index in [1.807, 2.05) is 0 Å². The summed E-state index contributed by atoms with van der Waals surface area (Å²) in [7, 11) is -25.3. The maximum atomic E-state index is 5.52. The molecule has 0 heterocycles. The van der Waals surface area contributed by atoms with Crippen molar-refractivity contribution >= 4 is 270 Å². The first-order chi connectivity index (χ1) is 25.4. The average Bonchev–Trinajstić information content (AvgIpc) is 3.14. The Bertz CT molecular complexity index is 563. The van der Waals surface area contributed by atoms with Gasteiger partial charge in [0.1, 0.15) is 0 Å². The molecule has 0 fully saturated rings. The van der Waals surface area contributed by atoms with E-state index in [1.165, 1.54) is 0 Å². The topological polar surface area (TPSA) is 222 Å². The lowest BCUT2D eigenvalue weighted by molar-refractivity contribution is 0.355. The summed E-state index contributed by atoms with van der Waals surface area (Å²) in [5, 5.41) is 0. The van der Waals surface area contributed by atoms with Crippen LogP contribution < -0.4 is 0 Å². The molecule has 51 heavy (non-hydrogen) atoms. The van der Waals surface area contributed by atoms with Crippen molar-refractivity contribution in [3.8, 4) is 0 Å². The van der Waals surface area contributed by atoms with Crippen LogP contribution in [0.4, 0.5) is 0 Å². The highest BCUT2D eigenvalue weighted by atomic mass is 35.6. The number of rotatable bonds is 48. The van der Waals surface area contributed by atoms with Gasteiger partial charge in [-0.2, -0.15) is 0 Å². The van der Waals surface area contributed by atoms with Crippen molar-refractivity contribution in [3.63, 3.8) is 0 Å². The fourth-order valence-corrected chi connectivity index (χ4v) is 45.0. The third-order valence-electron chi connectivity index (χ3n) is 3.99. The van der Waals surface area contributed by atoms with Gasteiger partial charge in [0.15, 0.2) is 0 Å². The molecule has 0 rings (SSSR count). The summed E-state index contributed by atoms with van der Waals surface area (Å²) in [5.41, 5.74) is 0. The monoisotopic (exact) mass is 1200 g/mol. The number of hydrogen-bond acceptors (Lipinski definition) is 24. The molecule has 0 aromatic heterocycles. The molecule has 0 unspecified atom stereocenters. The van der Waals surface area contributed by atoms with Gasteiger partial charge in [0.2, 0.25) is 18.1 Å². The zero-order valence-corrected chi connectivity index (χ0v) is 65.1. The lowest BCUT2D eigenvalue weighted by atomic mass is 15.7. The fourth-order valence-electron chi connectivity index (χ4n) is 2.17. The number of hydrogen-bond donors (Lipinski definition) is 0. The Morgan fingerprint density at radius 2 is 0.216 bits per heavy atom. The Morgan fingerprint density at radius 3 is 0.294 bits per heavy atom. The van der Waals surface area contributed by atoms with E-state index in [9.17, 15) is 0 Å². The molecule has 0 aliphatic heterocycles. The molecule has 0 spiro atoms. The fraction of sp³-hybridized carbons (Fsp3) is 0. The maximum Gasteiger partial charge on any atom is 0.286 e. The lowest BCUT2D eigenvalue weighted by Gasteiger charge is -2.10. The van der Waals surface area contributed by atoms with Crippen molar-refractivity contribution in [2.45, 2.75) is 0 Å². The second-order valence-corrected chi connectivity index (χ2v) is 54.2. The minimum Gasteiger partial charge on any atom is -0.433 e. The number of halogens is 2. The Hall–Kier alpha value is 5.04. The van der Waals surface area contributed by atoms with E-state index in [4.69, 9.17) is 121 Å². The van der Waals surface area contributed by atoms with Crippen LogP contribution in [-0.4, -0.2) is 248 Å². The summed E-state index contributed by atoms with van der Waals surface area (Å²) in [5.74, 6) is 0. The highest BCUT2D eigenvalue weighted by Crippen LogP contribution is 1.83. The molecule has 0 bridgehead atoms. The molecular weight excluding hydrogens is 1160 g/mol. The van der Waals surface area contributed by atoms with Crippen LogP contribution in [0.2, 0.25) is 0 Å². The van der Waals surface area contributed by atoms with Crippen molar-refractivity contribution in [2.75, 3.05) is 0 Å². The molecule has 0 atom stereocenters. The van der Waals surface area contributed by atoms with Gasteiger partial charge in [-0.05, 0) is 0 Å². The van der Waals surface area contributed by atoms with Crippen molar-refractivity contribution < 1.29 is 98.8 Å². The largest absolute Gasteiger partial charge is 0.433 e. The van der Waals surface area contributed by atoms with Crippen LogP contribution in [0.5, 0.6) is 0 Å². The van der Waals surface area contributed by atoms with Crippen LogP contribution in [0.3, 0.4) is 0 Å². The zero-order valence-electron chi connectivity index (χ0n) is 28.2. The minimum absolute atomic E-state index is 0.873. The summed E-state index contributed by atoms with van der Waals surface area (Å²) in [6.45, 7) is 0. The standard InChI is InChI=1S/Cl2H50O24Si25/c1-27-3-29-5-31-7-33-9-35-11-37-13-39-15-41-17-43-19-45-21-47-23-49-25-51-26-50-24-48-22-46-20-44-18-42-16-40-14-38-12-36-10-34-8-32-6-30-4-28-2/h27-51H2. The van der Waals surface area contributed by atoms with Crippen molar-refractivity contribution in [1.29, 1.82) is 0 Å². The average molecular weight is 1210 g/mol. The van der Waals surface area contributed by atoms with Gasteiger partial charge in [0.25, 0.3) is 230 Å².